The van der Waals surface area contributed by atoms with Gasteiger partial charge in [-0.25, -0.2) is 4.79 Å². The van der Waals surface area contributed by atoms with Gasteiger partial charge in [-0.05, 0) is 48.5 Å². The van der Waals surface area contributed by atoms with Gasteiger partial charge in [0.25, 0.3) is 0 Å². The highest BCUT2D eigenvalue weighted by Gasteiger charge is 2.11. The van der Waals surface area contributed by atoms with Gasteiger partial charge in [0.1, 0.15) is 37.9 Å². The molecule has 0 aliphatic rings. The van der Waals surface area contributed by atoms with Crippen LogP contribution in [0.3, 0.4) is 0 Å². The average Bonchev–Trinajstić information content (AvgIpc) is 2.92. The summed E-state index contributed by atoms with van der Waals surface area (Å²) in [5.74, 6) is 0.00733. The third kappa shape index (κ3) is 11.2. The van der Waals surface area contributed by atoms with Crippen LogP contribution in [0.25, 0.3) is 0 Å². The number of aliphatic hydroxyl groups is 2. The first-order valence-corrected chi connectivity index (χ1v) is 11.9. The summed E-state index contributed by atoms with van der Waals surface area (Å²) >= 11 is 0. The minimum Gasteiger partial charge on any atom is -0.490 e. The highest BCUT2D eigenvalue weighted by Crippen LogP contribution is 2.18. The lowest BCUT2D eigenvalue weighted by molar-refractivity contribution is -0.144. The number of benzene rings is 2. The molecule has 2 N–H and O–H groups in total. The quantitative estimate of drug-likeness (QED) is 0.131. The maximum Gasteiger partial charge on any atom is 0.330 e. The van der Waals surface area contributed by atoms with E-state index >= 15 is 0 Å². The van der Waals surface area contributed by atoms with E-state index in [1.54, 1.807) is 53.4 Å². The summed E-state index contributed by atoms with van der Waals surface area (Å²) in [6, 6.07) is 13.3. The minimum atomic E-state index is -0.516. The molecular weight excluding hydrogens is 482 g/mol. The van der Waals surface area contributed by atoms with Crippen LogP contribution >= 0.6 is 0 Å². The second-order valence-electron chi connectivity index (χ2n) is 7.71. The molecule has 0 saturated carbocycles. The second-order valence-corrected chi connectivity index (χ2v) is 7.71. The van der Waals surface area contributed by atoms with Crippen molar-refractivity contribution >= 4 is 17.7 Å². The van der Waals surface area contributed by atoms with Crippen molar-refractivity contribution in [2.24, 2.45) is 0 Å². The number of hydrogen-bond acceptors (Lipinski definition) is 10. The Morgan fingerprint density at radius 1 is 0.730 bits per heavy atom. The standard InChI is InChI=1S/C27H33NO9/c1-2-25(31)36-19-17-34-23-7-3-21(4-8-23)27(33)22-5-9-24(10-6-22)35-18-20-37-26(32)11-12-28(13-15-29)14-16-30/h2-10,29-30H,1,11-20H2. The Morgan fingerprint density at radius 2 is 1.22 bits per heavy atom. The fourth-order valence-electron chi connectivity index (χ4n) is 3.19. The predicted molar refractivity (Wildman–Crippen MR) is 135 cm³/mol. The molecule has 0 fully saturated rings. The molecule has 0 atom stereocenters. The van der Waals surface area contributed by atoms with E-state index in [-0.39, 0.29) is 51.8 Å². The normalized spacial score (nSPS) is 10.6. The number of carbonyl (C=O) groups excluding carboxylic acids is 3. The zero-order valence-electron chi connectivity index (χ0n) is 20.7. The van der Waals surface area contributed by atoms with Crippen LogP contribution in [0.5, 0.6) is 11.5 Å². The van der Waals surface area contributed by atoms with E-state index in [2.05, 4.69) is 6.58 Å². The smallest absolute Gasteiger partial charge is 0.330 e. The summed E-state index contributed by atoms with van der Waals surface area (Å²) < 4.78 is 21.0. The molecule has 0 heterocycles. The molecule has 2 aromatic rings. The first kappa shape index (κ1) is 29.5. The summed E-state index contributed by atoms with van der Waals surface area (Å²) in [6.45, 7) is 4.87. The maximum absolute atomic E-state index is 12.7. The van der Waals surface area contributed by atoms with Gasteiger partial charge in [0.15, 0.2) is 5.78 Å². The van der Waals surface area contributed by atoms with Gasteiger partial charge in [0.2, 0.25) is 0 Å². The van der Waals surface area contributed by atoms with Crippen molar-refractivity contribution in [2.75, 3.05) is 59.3 Å². The summed E-state index contributed by atoms with van der Waals surface area (Å²) in [6.07, 6.45) is 1.23. The molecular formula is C27H33NO9. The molecule has 0 amide bonds. The SMILES string of the molecule is C=CC(=O)OCCOc1ccc(C(=O)c2ccc(OCCOC(=O)CCN(CCO)CCO)cc2)cc1. The third-order valence-corrected chi connectivity index (χ3v) is 5.08. The lowest BCUT2D eigenvalue weighted by Crippen LogP contribution is -2.32. The number of nitrogens with zero attached hydrogens (tertiary/aromatic N) is 1. The van der Waals surface area contributed by atoms with E-state index in [4.69, 9.17) is 29.2 Å². The number of aliphatic hydroxyl groups excluding tert-OH is 2. The largest absolute Gasteiger partial charge is 0.490 e. The van der Waals surface area contributed by atoms with Gasteiger partial charge in [-0.1, -0.05) is 6.58 Å². The summed E-state index contributed by atoms with van der Waals surface area (Å²) in [7, 11) is 0. The fourth-order valence-corrected chi connectivity index (χ4v) is 3.19. The van der Waals surface area contributed by atoms with Crippen LogP contribution in [0, 0.1) is 0 Å². The number of rotatable bonds is 18. The Balaban J connectivity index is 1.71. The Labute approximate surface area is 216 Å². The first-order chi connectivity index (χ1) is 18.0. The van der Waals surface area contributed by atoms with E-state index in [1.807, 2.05) is 0 Å². The van der Waals surface area contributed by atoms with Gasteiger partial charge < -0.3 is 29.2 Å². The number of esters is 2. The molecule has 200 valence electrons. The fraction of sp³-hybridized carbons (Fsp3) is 0.370. The molecule has 2 aromatic carbocycles. The molecule has 0 aliphatic heterocycles. The number of ether oxygens (including phenoxy) is 4. The Hall–Kier alpha value is -3.73. The maximum atomic E-state index is 12.7. The van der Waals surface area contributed by atoms with Crippen molar-refractivity contribution in [3.05, 3.63) is 72.3 Å². The van der Waals surface area contributed by atoms with Crippen LogP contribution in [0.15, 0.2) is 61.2 Å². The van der Waals surface area contributed by atoms with Gasteiger partial charge in [0, 0.05) is 36.8 Å². The van der Waals surface area contributed by atoms with Crippen LogP contribution in [0.4, 0.5) is 0 Å². The highest BCUT2D eigenvalue weighted by atomic mass is 16.6. The highest BCUT2D eigenvalue weighted by molar-refractivity contribution is 6.09. The Morgan fingerprint density at radius 3 is 1.68 bits per heavy atom. The Bertz CT molecular complexity index is 984. The van der Waals surface area contributed by atoms with Gasteiger partial charge >= 0.3 is 11.9 Å². The van der Waals surface area contributed by atoms with E-state index in [0.717, 1.165) is 6.08 Å². The van der Waals surface area contributed by atoms with Crippen molar-refractivity contribution < 1.29 is 43.5 Å². The average molecular weight is 516 g/mol. The summed E-state index contributed by atoms with van der Waals surface area (Å²) in [5, 5.41) is 18.0. The molecule has 0 unspecified atom stereocenters. The van der Waals surface area contributed by atoms with E-state index < -0.39 is 11.9 Å². The van der Waals surface area contributed by atoms with Gasteiger partial charge in [-0.15, -0.1) is 0 Å². The molecule has 0 saturated heterocycles. The molecule has 0 radical (unpaired) electrons. The van der Waals surface area contributed by atoms with E-state index in [9.17, 15) is 14.4 Å². The van der Waals surface area contributed by atoms with Crippen molar-refractivity contribution in [1.82, 2.24) is 4.90 Å². The molecule has 10 heteroatoms. The van der Waals surface area contributed by atoms with Crippen molar-refractivity contribution in [3.63, 3.8) is 0 Å². The number of ketones is 1. The summed E-state index contributed by atoms with van der Waals surface area (Å²) in [4.78, 5) is 37.3. The second kappa shape index (κ2) is 16.9. The first-order valence-electron chi connectivity index (χ1n) is 11.9. The van der Waals surface area contributed by atoms with Crippen LogP contribution in [-0.4, -0.2) is 92.1 Å². The topological polar surface area (TPSA) is 132 Å². The monoisotopic (exact) mass is 515 g/mol. The Kier molecular flexibility index (Phi) is 13.4. The van der Waals surface area contributed by atoms with E-state index in [0.29, 0.717) is 42.3 Å². The van der Waals surface area contributed by atoms with Crippen LogP contribution < -0.4 is 9.47 Å². The molecule has 0 aromatic heterocycles. The molecule has 37 heavy (non-hydrogen) atoms. The zero-order valence-corrected chi connectivity index (χ0v) is 20.7. The predicted octanol–water partition coefficient (Wildman–Crippen LogP) is 1.62. The molecule has 2 rings (SSSR count). The van der Waals surface area contributed by atoms with Crippen molar-refractivity contribution in [2.45, 2.75) is 6.42 Å². The van der Waals surface area contributed by atoms with Crippen molar-refractivity contribution in [1.29, 1.82) is 0 Å². The summed E-state index contributed by atoms with van der Waals surface area (Å²) in [5.41, 5.74) is 0.974. The van der Waals surface area contributed by atoms with Gasteiger partial charge in [0.05, 0.1) is 19.6 Å². The van der Waals surface area contributed by atoms with Gasteiger partial charge in [-0.2, -0.15) is 0 Å². The van der Waals surface area contributed by atoms with Crippen molar-refractivity contribution in [3.8, 4) is 11.5 Å². The number of carbonyl (C=O) groups is 3. The lowest BCUT2D eigenvalue weighted by Gasteiger charge is -2.19. The third-order valence-electron chi connectivity index (χ3n) is 5.08. The molecule has 0 aliphatic carbocycles. The minimum absolute atomic E-state index is 0.0491. The molecule has 10 nitrogen and oxygen atoms in total. The van der Waals surface area contributed by atoms with Gasteiger partial charge in [-0.3, -0.25) is 14.5 Å². The number of hydrogen-bond donors (Lipinski definition) is 2. The van der Waals surface area contributed by atoms with Crippen LogP contribution in [0.2, 0.25) is 0 Å². The van der Waals surface area contributed by atoms with Crippen LogP contribution in [-0.2, 0) is 19.1 Å². The molecule has 0 bridgehead atoms. The van der Waals surface area contributed by atoms with Crippen LogP contribution in [0.1, 0.15) is 22.3 Å². The zero-order chi connectivity index (χ0) is 26.9. The lowest BCUT2D eigenvalue weighted by atomic mass is 10.0. The van der Waals surface area contributed by atoms with E-state index in [1.165, 1.54) is 0 Å². The molecule has 0 spiro atoms.